The van der Waals surface area contributed by atoms with Crippen LogP contribution < -0.4 is 5.32 Å². The molecule has 122 valence electrons. The lowest BCUT2D eigenvalue weighted by molar-refractivity contribution is 0.438. The summed E-state index contributed by atoms with van der Waals surface area (Å²) in [5.41, 5.74) is 2.80. The van der Waals surface area contributed by atoms with Crippen LogP contribution in [-0.4, -0.2) is 37.0 Å². The van der Waals surface area contributed by atoms with Crippen LogP contribution in [0.4, 0.5) is 0 Å². The standard InChI is InChI=1S/C18H27N3.HI/c1-4-19-18(20-14-15(2)3)21-12-10-17(11-13-21)16-8-6-5-7-9-16;/h5-10,15H,4,11-14H2,1-3H3,(H,19,20);1H. The van der Waals surface area contributed by atoms with Crippen molar-refractivity contribution in [2.75, 3.05) is 26.2 Å². The maximum atomic E-state index is 4.74. The lowest BCUT2D eigenvalue weighted by Crippen LogP contribution is -2.43. The van der Waals surface area contributed by atoms with E-state index in [-0.39, 0.29) is 24.0 Å². The van der Waals surface area contributed by atoms with Crippen LogP contribution in [0.15, 0.2) is 41.4 Å². The topological polar surface area (TPSA) is 27.6 Å². The molecule has 0 atom stereocenters. The van der Waals surface area contributed by atoms with Crippen LogP contribution in [0, 0.1) is 5.92 Å². The minimum Gasteiger partial charge on any atom is -0.357 e. The molecule has 4 heteroatoms. The van der Waals surface area contributed by atoms with Crippen molar-refractivity contribution in [2.24, 2.45) is 10.9 Å². The highest BCUT2D eigenvalue weighted by Crippen LogP contribution is 2.21. The number of rotatable bonds is 4. The predicted octanol–water partition coefficient (Wildman–Crippen LogP) is 4.02. The third-order valence-electron chi connectivity index (χ3n) is 3.59. The van der Waals surface area contributed by atoms with E-state index >= 15 is 0 Å². The third kappa shape index (κ3) is 5.63. The van der Waals surface area contributed by atoms with Crippen molar-refractivity contribution in [1.82, 2.24) is 10.2 Å². The number of benzene rings is 1. The summed E-state index contributed by atoms with van der Waals surface area (Å²) < 4.78 is 0. The normalized spacial score (nSPS) is 15.4. The minimum atomic E-state index is 0. The van der Waals surface area contributed by atoms with Gasteiger partial charge >= 0.3 is 0 Å². The van der Waals surface area contributed by atoms with Crippen molar-refractivity contribution in [1.29, 1.82) is 0 Å². The smallest absolute Gasteiger partial charge is 0.194 e. The Kier molecular flexibility index (Phi) is 8.53. The van der Waals surface area contributed by atoms with Crippen LogP contribution in [0.2, 0.25) is 0 Å². The molecule has 0 bridgehead atoms. The molecule has 0 spiro atoms. The zero-order valence-corrected chi connectivity index (χ0v) is 16.2. The number of hydrogen-bond donors (Lipinski definition) is 1. The molecule has 1 aromatic rings. The van der Waals surface area contributed by atoms with Gasteiger partial charge in [-0.1, -0.05) is 50.3 Å². The Labute approximate surface area is 151 Å². The number of nitrogens with zero attached hydrogens (tertiary/aromatic N) is 2. The molecule has 1 aliphatic rings. The van der Waals surface area contributed by atoms with Crippen molar-refractivity contribution in [3.63, 3.8) is 0 Å². The van der Waals surface area contributed by atoms with Crippen LogP contribution in [0.1, 0.15) is 32.8 Å². The predicted molar refractivity (Wildman–Crippen MR) is 107 cm³/mol. The summed E-state index contributed by atoms with van der Waals surface area (Å²) in [7, 11) is 0. The Balaban J connectivity index is 0.00000242. The summed E-state index contributed by atoms with van der Waals surface area (Å²) in [5.74, 6) is 1.65. The first-order valence-corrected chi connectivity index (χ1v) is 7.98. The van der Waals surface area contributed by atoms with Gasteiger partial charge in [0.1, 0.15) is 0 Å². The van der Waals surface area contributed by atoms with Crippen molar-refractivity contribution in [2.45, 2.75) is 27.2 Å². The highest BCUT2D eigenvalue weighted by molar-refractivity contribution is 14.0. The highest BCUT2D eigenvalue weighted by atomic mass is 127. The molecule has 22 heavy (non-hydrogen) atoms. The van der Waals surface area contributed by atoms with Crippen LogP contribution in [0.3, 0.4) is 0 Å². The maximum Gasteiger partial charge on any atom is 0.194 e. The fourth-order valence-corrected chi connectivity index (χ4v) is 2.47. The van der Waals surface area contributed by atoms with E-state index in [4.69, 9.17) is 4.99 Å². The number of aliphatic imine (C=N–C) groups is 1. The van der Waals surface area contributed by atoms with E-state index in [9.17, 15) is 0 Å². The Morgan fingerprint density at radius 2 is 2.00 bits per heavy atom. The van der Waals surface area contributed by atoms with Gasteiger partial charge in [0.15, 0.2) is 5.96 Å². The van der Waals surface area contributed by atoms with Crippen molar-refractivity contribution in [3.05, 3.63) is 42.0 Å². The van der Waals surface area contributed by atoms with E-state index in [1.165, 1.54) is 11.1 Å². The molecule has 1 aliphatic heterocycles. The first-order valence-electron chi connectivity index (χ1n) is 7.98. The van der Waals surface area contributed by atoms with Gasteiger partial charge in [0.25, 0.3) is 0 Å². The highest BCUT2D eigenvalue weighted by Gasteiger charge is 2.16. The van der Waals surface area contributed by atoms with E-state index < -0.39 is 0 Å². The van der Waals surface area contributed by atoms with E-state index in [1.807, 2.05) is 0 Å². The molecule has 0 amide bonds. The van der Waals surface area contributed by atoms with Gasteiger partial charge in [-0.15, -0.1) is 24.0 Å². The first-order chi connectivity index (χ1) is 10.2. The van der Waals surface area contributed by atoms with E-state index in [1.54, 1.807) is 0 Å². The molecule has 0 radical (unpaired) electrons. The summed E-state index contributed by atoms with van der Waals surface area (Å²) in [6.45, 7) is 10.3. The van der Waals surface area contributed by atoms with Gasteiger partial charge in [-0.25, -0.2) is 0 Å². The number of hydrogen-bond acceptors (Lipinski definition) is 1. The molecule has 0 unspecified atom stereocenters. The van der Waals surface area contributed by atoms with E-state index in [0.717, 1.165) is 38.6 Å². The third-order valence-corrected chi connectivity index (χ3v) is 3.59. The van der Waals surface area contributed by atoms with E-state index in [2.05, 4.69) is 67.4 Å². The Bertz CT molecular complexity index is 494. The SMILES string of the molecule is CCNC(=NCC(C)C)N1CC=C(c2ccccc2)CC1.I. The number of guanidine groups is 1. The number of nitrogens with one attached hydrogen (secondary N) is 1. The molecule has 0 aromatic heterocycles. The molecule has 2 rings (SSSR count). The van der Waals surface area contributed by atoms with Gasteiger partial charge < -0.3 is 10.2 Å². The Morgan fingerprint density at radius 1 is 1.27 bits per heavy atom. The molecule has 1 N–H and O–H groups in total. The molecule has 0 fully saturated rings. The lowest BCUT2D eigenvalue weighted by atomic mass is 10.00. The first kappa shape index (κ1) is 19.0. The van der Waals surface area contributed by atoms with Gasteiger partial charge in [-0.3, -0.25) is 4.99 Å². The zero-order chi connectivity index (χ0) is 15.1. The fourth-order valence-electron chi connectivity index (χ4n) is 2.47. The molecule has 0 saturated heterocycles. The summed E-state index contributed by atoms with van der Waals surface area (Å²) in [6, 6.07) is 10.7. The van der Waals surface area contributed by atoms with E-state index in [0.29, 0.717) is 5.92 Å². The molecular formula is C18H28IN3. The quantitative estimate of drug-likeness (QED) is 0.459. The second-order valence-electron chi connectivity index (χ2n) is 5.88. The molecule has 1 aromatic carbocycles. The average molecular weight is 413 g/mol. The second-order valence-corrected chi connectivity index (χ2v) is 5.88. The van der Waals surface area contributed by atoms with Crippen LogP contribution in [0.5, 0.6) is 0 Å². The fraction of sp³-hybridized carbons (Fsp3) is 0.500. The zero-order valence-electron chi connectivity index (χ0n) is 13.9. The van der Waals surface area contributed by atoms with Crippen molar-refractivity contribution < 1.29 is 0 Å². The summed E-state index contributed by atoms with van der Waals surface area (Å²) in [6.07, 6.45) is 3.41. The van der Waals surface area contributed by atoms with Gasteiger partial charge in [-0.05, 0) is 30.4 Å². The largest absolute Gasteiger partial charge is 0.357 e. The van der Waals surface area contributed by atoms with Crippen molar-refractivity contribution >= 4 is 35.5 Å². The Morgan fingerprint density at radius 3 is 2.55 bits per heavy atom. The van der Waals surface area contributed by atoms with Gasteiger partial charge in [0.05, 0.1) is 0 Å². The summed E-state index contributed by atoms with van der Waals surface area (Å²) >= 11 is 0. The summed E-state index contributed by atoms with van der Waals surface area (Å²) in [5, 5.41) is 3.41. The lowest BCUT2D eigenvalue weighted by Gasteiger charge is -2.30. The van der Waals surface area contributed by atoms with Gasteiger partial charge in [-0.2, -0.15) is 0 Å². The minimum absolute atomic E-state index is 0. The van der Waals surface area contributed by atoms with Crippen LogP contribution in [-0.2, 0) is 0 Å². The maximum absolute atomic E-state index is 4.74. The van der Waals surface area contributed by atoms with Crippen LogP contribution in [0.25, 0.3) is 5.57 Å². The summed E-state index contributed by atoms with van der Waals surface area (Å²) in [4.78, 5) is 7.08. The monoisotopic (exact) mass is 413 g/mol. The number of halogens is 1. The molecule has 0 aliphatic carbocycles. The van der Waals surface area contributed by atoms with Crippen molar-refractivity contribution in [3.8, 4) is 0 Å². The second kappa shape index (κ2) is 9.87. The molecule has 1 heterocycles. The van der Waals surface area contributed by atoms with Gasteiger partial charge in [0.2, 0.25) is 0 Å². The Hall–Kier alpha value is -1.04. The molecule has 0 saturated carbocycles. The molecular weight excluding hydrogens is 385 g/mol. The van der Waals surface area contributed by atoms with Crippen LogP contribution >= 0.6 is 24.0 Å². The average Bonchev–Trinajstić information content (AvgIpc) is 2.52. The molecule has 3 nitrogen and oxygen atoms in total. The van der Waals surface area contributed by atoms with Gasteiger partial charge in [0, 0.05) is 26.2 Å².